The first-order valence-electron chi connectivity index (χ1n) is 12.2. The van der Waals surface area contributed by atoms with E-state index in [4.69, 9.17) is 14.3 Å². The molecule has 218 valence electrons. The summed E-state index contributed by atoms with van der Waals surface area (Å²) in [6.07, 6.45) is 2.04. The fourth-order valence-electron chi connectivity index (χ4n) is 3.04. The Balaban J connectivity index is 1.83. The standard InChI is InChI=1S/C23H33N9O7S/c1-21(2,3)37-18(35)23(7,8)39-30-14(15-28-19(40-31-15)29-20(36)38-22(4,5)6)17(34)27-13-12(26-16(13)33)9-32-11-24-10-25-32/h10-13H,9H2,1-8H3,(H,26,33)(H,27,34)(H,28,29,31,36)/t12-,13-/m0/s1. The number of anilines is 1. The van der Waals surface area contributed by atoms with Gasteiger partial charge >= 0.3 is 12.1 Å². The quantitative estimate of drug-likeness (QED) is 0.166. The smallest absolute Gasteiger partial charge is 0.414 e. The lowest BCUT2D eigenvalue weighted by atomic mass is 9.98. The molecule has 0 bridgehead atoms. The average Bonchev–Trinajstić information content (AvgIpc) is 3.47. The van der Waals surface area contributed by atoms with Gasteiger partial charge in [0.1, 0.15) is 29.9 Å². The number of amides is 3. The van der Waals surface area contributed by atoms with Gasteiger partial charge in [-0.25, -0.2) is 14.6 Å². The van der Waals surface area contributed by atoms with Crippen LogP contribution in [0.3, 0.4) is 0 Å². The van der Waals surface area contributed by atoms with Gasteiger partial charge in [0.2, 0.25) is 28.2 Å². The van der Waals surface area contributed by atoms with Crippen LogP contribution in [0.1, 0.15) is 61.2 Å². The van der Waals surface area contributed by atoms with Gasteiger partial charge in [0.15, 0.2) is 0 Å². The molecule has 0 saturated carbocycles. The van der Waals surface area contributed by atoms with Gasteiger partial charge in [-0.2, -0.15) is 14.5 Å². The Labute approximate surface area is 234 Å². The molecule has 17 heteroatoms. The number of nitrogens with one attached hydrogen (secondary N) is 3. The number of nitrogens with zero attached hydrogens (tertiary/aromatic N) is 6. The van der Waals surface area contributed by atoms with E-state index in [1.54, 1.807) is 41.5 Å². The minimum absolute atomic E-state index is 0.0154. The minimum Gasteiger partial charge on any atom is -0.457 e. The molecule has 3 rings (SSSR count). The van der Waals surface area contributed by atoms with E-state index < -0.39 is 58.5 Å². The van der Waals surface area contributed by atoms with Crippen molar-refractivity contribution in [2.45, 2.75) is 90.8 Å². The van der Waals surface area contributed by atoms with Gasteiger partial charge in [0.05, 0.1) is 12.6 Å². The number of esters is 1. The van der Waals surface area contributed by atoms with Crippen molar-refractivity contribution in [2.24, 2.45) is 5.16 Å². The van der Waals surface area contributed by atoms with E-state index in [0.29, 0.717) is 0 Å². The molecular weight excluding hydrogens is 546 g/mol. The van der Waals surface area contributed by atoms with Crippen molar-refractivity contribution in [3.63, 3.8) is 0 Å². The maximum atomic E-state index is 13.3. The van der Waals surface area contributed by atoms with Crippen LogP contribution in [0, 0.1) is 0 Å². The van der Waals surface area contributed by atoms with Crippen molar-refractivity contribution in [1.82, 2.24) is 34.8 Å². The van der Waals surface area contributed by atoms with Gasteiger partial charge in [-0.1, -0.05) is 5.16 Å². The van der Waals surface area contributed by atoms with E-state index in [0.717, 1.165) is 11.5 Å². The largest absolute Gasteiger partial charge is 0.457 e. The molecule has 2 atom stereocenters. The van der Waals surface area contributed by atoms with Crippen LogP contribution in [-0.4, -0.2) is 82.6 Å². The van der Waals surface area contributed by atoms with Crippen molar-refractivity contribution in [2.75, 3.05) is 5.32 Å². The third kappa shape index (κ3) is 8.42. The molecule has 2 aromatic heterocycles. The predicted molar refractivity (Wildman–Crippen MR) is 141 cm³/mol. The van der Waals surface area contributed by atoms with Crippen molar-refractivity contribution >= 4 is 46.3 Å². The van der Waals surface area contributed by atoms with E-state index >= 15 is 0 Å². The molecule has 3 N–H and O–H groups in total. The Morgan fingerprint density at radius 3 is 2.35 bits per heavy atom. The zero-order valence-corrected chi connectivity index (χ0v) is 24.3. The van der Waals surface area contributed by atoms with E-state index in [1.165, 1.54) is 31.2 Å². The van der Waals surface area contributed by atoms with E-state index in [9.17, 15) is 19.2 Å². The van der Waals surface area contributed by atoms with Gasteiger partial charge in [-0.05, 0) is 55.4 Å². The van der Waals surface area contributed by atoms with Crippen LogP contribution >= 0.6 is 11.5 Å². The van der Waals surface area contributed by atoms with Crippen LogP contribution in [-0.2, 0) is 35.2 Å². The third-order valence-corrected chi connectivity index (χ3v) is 5.50. The van der Waals surface area contributed by atoms with E-state index in [-0.39, 0.29) is 17.5 Å². The van der Waals surface area contributed by atoms with Crippen molar-refractivity contribution < 1.29 is 33.5 Å². The zero-order valence-electron chi connectivity index (χ0n) is 23.5. The van der Waals surface area contributed by atoms with Gasteiger partial charge in [0, 0.05) is 11.5 Å². The van der Waals surface area contributed by atoms with Gasteiger partial charge in [0.25, 0.3) is 5.91 Å². The number of aromatic nitrogens is 5. The van der Waals surface area contributed by atoms with Crippen LogP contribution < -0.4 is 16.0 Å². The molecular formula is C23H33N9O7S. The SMILES string of the molecule is CC(C)(C)OC(=O)Nc1nc(C(=NOC(C)(C)C(=O)OC(C)(C)C)C(=O)N[C@@H]2C(=O)N[C@H]2Cn2cncn2)ns1. The number of oxime groups is 1. The van der Waals surface area contributed by atoms with Gasteiger partial charge in [-0.3, -0.25) is 19.6 Å². The number of carbonyl (C=O) groups excluding carboxylic acids is 4. The average molecular weight is 580 g/mol. The summed E-state index contributed by atoms with van der Waals surface area (Å²) in [5, 5.41) is 15.6. The number of β-lactam (4-membered cyclic amide) rings is 1. The van der Waals surface area contributed by atoms with E-state index in [2.05, 4.69) is 40.5 Å². The first kappa shape index (κ1) is 30.4. The summed E-state index contributed by atoms with van der Waals surface area (Å²) >= 11 is 0.761. The fourth-order valence-corrected chi connectivity index (χ4v) is 3.60. The highest BCUT2D eigenvalue weighted by Crippen LogP contribution is 2.20. The Hall–Kier alpha value is -4.15. The predicted octanol–water partition coefficient (Wildman–Crippen LogP) is 1.00. The molecule has 3 amide bonds. The summed E-state index contributed by atoms with van der Waals surface area (Å²) in [7, 11) is 0. The van der Waals surface area contributed by atoms with Crippen molar-refractivity contribution in [3.8, 4) is 0 Å². The van der Waals surface area contributed by atoms with Crippen LogP contribution in [0.25, 0.3) is 0 Å². The fraction of sp³-hybridized carbons (Fsp3) is 0.609. The van der Waals surface area contributed by atoms with Crippen LogP contribution in [0.2, 0.25) is 0 Å². The second kappa shape index (κ2) is 11.5. The number of ether oxygens (including phenoxy) is 2. The Morgan fingerprint density at radius 1 is 1.10 bits per heavy atom. The highest BCUT2D eigenvalue weighted by Gasteiger charge is 2.42. The summed E-state index contributed by atoms with van der Waals surface area (Å²) < 4.78 is 16.2. The van der Waals surface area contributed by atoms with Crippen LogP contribution in [0.4, 0.5) is 9.93 Å². The highest BCUT2D eigenvalue weighted by molar-refractivity contribution is 7.10. The number of hydrogen-bond donors (Lipinski definition) is 3. The number of rotatable bonds is 9. The second-order valence-corrected chi connectivity index (χ2v) is 12.0. The molecule has 2 aromatic rings. The molecule has 40 heavy (non-hydrogen) atoms. The Bertz CT molecular complexity index is 1280. The summed E-state index contributed by atoms with van der Waals surface area (Å²) in [4.78, 5) is 63.8. The summed E-state index contributed by atoms with van der Waals surface area (Å²) in [5.74, 6) is -2.23. The minimum atomic E-state index is -1.60. The first-order valence-corrected chi connectivity index (χ1v) is 13.0. The molecule has 1 aliphatic heterocycles. The maximum Gasteiger partial charge on any atom is 0.414 e. The molecule has 0 aliphatic carbocycles. The highest BCUT2D eigenvalue weighted by atomic mass is 32.1. The zero-order chi connectivity index (χ0) is 29.9. The topological polar surface area (TPSA) is 201 Å². The van der Waals surface area contributed by atoms with E-state index in [1.807, 2.05) is 0 Å². The third-order valence-electron chi connectivity index (χ3n) is 4.87. The monoisotopic (exact) mass is 579 g/mol. The van der Waals surface area contributed by atoms with Gasteiger partial charge in [-0.15, -0.1) is 0 Å². The number of hydrogen-bond acceptors (Lipinski definition) is 13. The van der Waals surface area contributed by atoms with Crippen LogP contribution in [0.15, 0.2) is 17.8 Å². The molecule has 16 nitrogen and oxygen atoms in total. The lowest BCUT2D eigenvalue weighted by Gasteiger charge is -2.36. The van der Waals surface area contributed by atoms with Gasteiger partial charge < -0.3 is 24.9 Å². The Kier molecular flexibility index (Phi) is 8.76. The molecule has 0 spiro atoms. The molecule has 0 aromatic carbocycles. The second-order valence-electron chi connectivity index (χ2n) is 11.3. The summed E-state index contributed by atoms with van der Waals surface area (Å²) in [6.45, 7) is 13.3. The Morgan fingerprint density at radius 2 is 1.77 bits per heavy atom. The molecule has 0 unspecified atom stereocenters. The van der Waals surface area contributed by atoms with Crippen molar-refractivity contribution in [3.05, 3.63) is 18.5 Å². The molecule has 1 saturated heterocycles. The summed E-state index contributed by atoms with van der Waals surface area (Å²) in [5.41, 5.74) is -3.59. The lowest BCUT2D eigenvalue weighted by Crippen LogP contribution is -2.70. The molecule has 1 aliphatic rings. The lowest BCUT2D eigenvalue weighted by molar-refractivity contribution is -0.179. The van der Waals surface area contributed by atoms with Crippen LogP contribution in [0.5, 0.6) is 0 Å². The number of carbonyl (C=O) groups is 4. The van der Waals surface area contributed by atoms with Crippen molar-refractivity contribution in [1.29, 1.82) is 0 Å². The molecule has 3 heterocycles. The normalized spacial score (nSPS) is 17.8. The molecule has 0 radical (unpaired) electrons. The molecule has 1 fully saturated rings. The summed E-state index contributed by atoms with van der Waals surface area (Å²) in [6, 6.07) is -1.41. The maximum absolute atomic E-state index is 13.3. The first-order chi connectivity index (χ1) is 18.4.